The van der Waals surface area contributed by atoms with Crippen molar-refractivity contribution < 1.29 is 13.2 Å². The van der Waals surface area contributed by atoms with Gasteiger partial charge in [0.2, 0.25) is 5.91 Å². The Morgan fingerprint density at radius 2 is 1.53 bits per heavy atom. The number of sulfonamides is 1. The van der Waals surface area contributed by atoms with Crippen LogP contribution in [0.15, 0.2) is 83.8 Å². The van der Waals surface area contributed by atoms with Gasteiger partial charge in [0, 0.05) is 0 Å². The van der Waals surface area contributed by atoms with Gasteiger partial charge < -0.3 is 5.32 Å². The maximum Gasteiger partial charge on any atom is 0.264 e. The minimum atomic E-state index is -3.89. The minimum Gasteiger partial charge on any atom is -0.348 e. The number of hydrogen-bond acceptors (Lipinski definition) is 3. The molecule has 3 aromatic carbocycles. The summed E-state index contributed by atoms with van der Waals surface area (Å²) >= 11 is 0. The van der Waals surface area contributed by atoms with Crippen molar-refractivity contribution in [3.05, 3.63) is 95.6 Å². The minimum absolute atomic E-state index is 0.143. The van der Waals surface area contributed by atoms with Gasteiger partial charge in [0.1, 0.15) is 6.54 Å². The van der Waals surface area contributed by atoms with E-state index < -0.39 is 10.0 Å². The lowest BCUT2D eigenvalue weighted by molar-refractivity contribution is -0.120. The summed E-state index contributed by atoms with van der Waals surface area (Å²) < 4.78 is 27.7. The zero-order valence-electron chi connectivity index (χ0n) is 17.4. The van der Waals surface area contributed by atoms with Crippen LogP contribution in [0.4, 0.5) is 5.69 Å². The Morgan fingerprint density at radius 1 is 0.933 bits per heavy atom. The van der Waals surface area contributed by atoms with E-state index in [0.717, 1.165) is 21.0 Å². The molecule has 0 saturated heterocycles. The fourth-order valence-electron chi connectivity index (χ4n) is 3.35. The summed E-state index contributed by atoms with van der Waals surface area (Å²) in [4.78, 5) is 13.0. The molecule has 3 aromatic rings. The average Bonchev–Trinajstić information content (AvgIpc) is 2.74. The summed E-state index contributed by atoms with van der Waals surface area (Å²) in [6.45, 7) is 5.59. The second-order valence-corrected chi connectivity index (χ2v) is 9.17. The van der Waals surface area contributed by atoms with Gasteiger partial charge in [0.25, 0.3) is 10.0 Å². The SMILES string of the molecule is Cc1ccc(C)c([C@@H](C)NC(=O)CN(c2ccccc2)S(=O)(=O)c2ccccc2)c1. The number of anilines is 1. The monoisotopic (exact) mass is 422 g/mol. The van der Waals surface area contributed by atoms with E-state index in [1.165, 1.54) is 12.1 Å². The molecule has 1 amide bonds. The zero-order chi connectivity index (χ0) is 21.7. The van der Waals surface area contributed by atoms with Crippen molar-refractivity contribution >= 4 is 21.6 Å². The summed E-state index contributed by atoms with van der Waals surface area (Å²) in [5.74, 6) is -0.369. The Hall–Kier alpha value is -3.12. The van der Waals surface area contributed by atoms with Crippen molar-refractivity contribution in [3.8, 4) is 0 Å². The number of amides is 1. The first-order valence-corrected chi connectivity index (χ1v) is 11.2. The molecule has 0 heterocycles. The highest BCUT2D eigenvalue weighted by Crippen LogP contribution is 2.24. The predicted octanol–water partition coefficient (Wildman–Crippen LogP) is 4.38. The van der Waals surface area contributed by atoms with Crippen LogP contribution in [-0.4, -0.2) is 20.9 Å². The smallest absolute Gasteiger partial charge is 0.264 e. The number of para-hydroxylation sites is 1. The van der Waals surface area contributed by atoms with E-state index in [2.05, 4.69) is 5.32 Å². The van der Waals surface area contributed by atoms with E-state index in [1.807, 2.05) is 39.0 Å². The first-order valence-electron chi connectivity index (χ1n) is 9.78. The van der Waals surface area contributed by atoms with Crippen LogP contribution in [0.25, 0.3) is 0 Å². The highest BCUT2D eigenvalue weighted by atomic mass is 32.2. The Labute approximate surface area is 178 Å². The molecule has 0 fully saturated rings. The molecule has 5 nitrogen and oxygen atoms in total. The number of benzene rings is 3. The van der Waals surface area contributed by atoms with Crippen LogP contribution in [0.5, 0.6) is 0 Å². The third-order valence-corrected chi connectivity index (χ3v) is 6.73. The molecule has 0 radical (unpaired) electrons. The first-order chi connectivity index (χ1) is 14.3. The molecule has 0 aromatic heterocycles. The van der Waals surface area contributed by atoms with Gasteiger partial charge in [0.05, 0.1) is 16.6 Å². The van der Waals surface area contributed by atoms with Gasteiger partial charge in [-0.3, -0.25) is 9.10 Å². The molecule has 3 rings (SSSR count). The molecule has 0 spiro atoms. The predicted molar refractivity (Wildman–Crippen MR) is 120 cm³/mol. The second-order valence-electron chi connectivity index (χ2n) is 7.31. The van der Waals surface area contributed by atoms with Crippen molar-refractivity contribution in [2.75, 3.05) is 10.8 Å². The first kappa shape index (κ1) is 21.6. The molecule has 6 heteroatoms. The molecule has 0 aliphatic heterocycles. The molecule has 0 bridgehead atoms. The standard InChI is InChI=1S/C24H26N2O3S/c1-18-14-15-19(2)23(16-18)20(3)25-24(27)17-26(21-10-6-4-7-11-21)30(28,29)22-12-8-5-9-13-22/h4-16,20H,17H2,1-3H3,(H,25,27)/t20-/m1/s1. The molecular formula is C24H26N2O3S. The summed E-state index contributed by atoms with van der Waals surface area (Å²) in [6.07, 6.45) is 0. The van der Waals surface area contributed by atoms with Crippen molar-refractivity contribution in [2.24, 2.45) is 0 Å². The van der Waals surface area contributed by atoms with Crippen LogP contribution in [0.3, 0.4) is 0 Å². The van der Waals surface area contributed by atoms with Gasteiger partial charge in [-0.1, -0.05) is 60.2 Å². The topological polar surface area (TPSA) is 66.5 Å². The highest BCUT2D eigenvalue weighted by molar-refractivity contribution is 7.92. The number of rotatable bonds is 7. The number of carbonyl (C=O) groups excluding carboxylic acids is 1. The van der Waals surface area contributed by atoms with Crippen LogP contribution < -0.4 is 9.62 Å². The quantitative estimate of drug-likeness (QED) is 0.615. The number of hydrogen-bond donors (Lipinski definition) is 1. The third kappa shape index (κ3) is 4.89. The van der Waals surface area contributed by atoms with Gasteiger partial charge in [0.15, 0.2) is 0 Å². The van der Waals surface area contributed by atoms with Crippen LogP contribution in [0.2, 0.25) is 0 Å². The Balaban J connectivity index is 1.87. The van der Waals surface area contributed by atoms with E-state index in [-0.39, 0.29) is 23.4 Å². The Kier molecular flexibility index (Phi) is 6.57. The fraction of sp³-hybridized carbons (Fsp3) is 0.208. The summed E-state index contributed by atoms with van der Waals surface area (Å²) in [7, 11) is -3.89. The van der Waals surface area contributed by atoms with E-state index in [9.17, 15) is 13.2 Å². The molecule has 0 saturated carbocycles. The highest BCUT2D eigenvalue weighted by Gasteiger charge is 2.27. The van der Waals surface area contributed by atoms with Crippen LogP contribution in [0.1, 0.15) is 29.7 Å². The Bertz CT molecular complexity index is 1110. The van der Waals surface area contributed by atoms with E-state index in [4.69, 9.17) is 0 Å². The van der Waals surface area contributed by atoms with Gasteiger partial charge in [-0.2, -0.15) is 0 Å². The molecule has 1 N–H and O–H groups in total. The molecule has 0 aliphatic carbocycles. The molecule has 30 heavy (non-hydrogen) atoms. The van der Waals surface area contributed by atoms with Crippen molar-refractivity contribution in [3.63, 3.8) is 0 Å². The zero-order valence-corrected chi connectivity index (χ0v) is 18.2. The molecular weight excluding hydrogens is 396 g/mol. The lowest BCUT2D eigenvalue weighted by Crippen LogP contribution is -2.41. The summed E-state index contributed by atoms with van der Waals surface area (Å²) in [5, 5.41) is 2.94. The Morgan fingerprint density at radius 3 is 2.17 bits per heavy atom. The van der Waals surface area contributed by atoms with Crippen LogP contribution >= 0.6 is 0 Å². The summed E-state index contributed by atoms with van der Waals surface area (Å²) in [5.41, 5.74) is 3.64. The molecule has 0 unspecified atom stereocenters. The van der Waals surface area contributed by atoms with Crippen molar-refractivity contribution in [1.82, 2.24) is 5.32 Å². The number of nitrogens with one attached hydrogen (secondary N) is 1. The van der Waals surface area contributed by atoms with E-state index >= 15 is 0 Å². The van der Waals surface area contributed by atoms with E-state index in [1.54, 1.807) is 48.5 Å². The van der Waals surface area contributed by atoms with Crippen LogP contribution in [0, 0.1) is 13.8 Å². The number of carbonyl (C=O) groups is 1. The van der Waals surface area contributed by atoms with Gasteiger partial charge in [-0.25, -0.2) is 8.42 Å². The second kappa shape index (κ2) is 9.13. The maximum atomic E-state index is 13.3. The maximum absolute atomic E-state index is 13.3. The van der Waals surface area contributed by atoms with Gasteiger partial charge in [-0.05, 0) is 56.2 Å². The lowest BCUT2D eigenvalue weighted by atomic mass is 10.00. The van der Waals surface area contributed by atoms with Crippen LogP contribution in [-0.2, 0) is 14.8 Å². The third-order valence-electron chi connectivity index (χ3n) is 4.94. The number of aryl methyl sites for hydroxylation is 2. The fourth-order valence-corrected chi connectivity index (χ4v) is 4.79. The number of nitrogens with zero attached hydrogens (tertiary/aromatic N) is 1. The van der Waals surface area contributed by atoms with Gasteiger partial charge >= 0.3 is 0 Å². The summed E-state index contributed by atoms with van der Waals surface area (Å²) in [6, 6.07) is 22.7. The van der Waals surface area contributed by atoms with Crippen molar-refractivity contribution in [2.45, 2.75) is 31.7 Å². The van der Waals surface area contributed by atoms with Crippen molar-refractivity contribution in [1.29, 1.82) is 0 Å². The van der Waals surface area contributed by atoms with Gasteiger partial charge in [-0.15, -0.1) is 0 Å². The largest absolute Gasteiger partial charge is 0.348 e. The molecule has 0 aliphatic rings. The molecule has 156 valence electrons. The average molecular weight is 423 g/mol. The normalized spacial score (nSPS) is 12.2. The molecule has 1 atom stereocenters. The lowest BCUT2D eigenvalue weighted by Gasteiger charge is -2.25. The van der Waals surface area contributed by atoms with E-state index in [0.29, 0.717) is 5.69 Å².